The first-order valence-corrected chi connectivity index (χ1v) is 8.24. The number of rotatable bonds is 6. The lowest BCUT2D eigenvalue weighted by molar-refractivity contribution is -0.148. The minimum absolute atomic E-state index is 0.144. The van der Waals surface area contributed by atoms with Crippen LogP contribution in [0.1, 0.15) is 30.9 Å². The van der Waals surface area contributed by atoms with Crippen LogP contribution in [0, 0.1) is 0 Å². The number of nitrogens with zero attached hydrogens (tertiary/aromatic N) is 1. The van der Waals surface area contributed by atoms with Crippen molar-refractivity contribution in [2.75, 3.05) is 12.8 Å². The number of carboxylic acid groups (broad SMARTS) is 1. The summed E-state index contributed by atoms with van der Waals surface area (Å²) in [6, 6.07) is 5.62. The number of aryl methyl sites for hydroxylation is 2. The Morgan fingerprint density at radius 1 is 1.33 bits per heavy atom. The smallest absolute Gasteiger partial charge is 0.326 e. The van der Waals surface area contributed by atoms with E-state index in [1.54, 1.807) is 14.0 Å². The van der Waals surface area contributed by atoms with Crippen molar-refractivity contribution >= 4 is 23.6 Å². The van der Waals surface area contributed by atoms with Crippen molar-refractivity contribution in [3.8, 4) is 0 Å². The molecule has 1 unspecified atom stereocenters. The largest absolute Gasteiger partial charge is 0.480 e. The van der Waals surface area contributed by atoms with Crippen molar-refractivity contribution in [2.24, 2.45) is 0 Å². The van der Waals surface area contributed by atoms with Gasteiger partial charge in [-0.1, -0.05) is 13.0 Å². The lowest BCUT2D eigenvalue weighted by Crippen LogP contribution is -2.42. The number of fused-ring (bicyclic) bond motifs is 1. The van der Waals surface area contributed by atoms with Crippen molar-refractivity contribution in [3.63, 3.8) is 0 Å². The number of aliphatic carboxylic acids is 1. The van der Waals surface area contributed by atoms with Gasteiger partial charge in [0.2, 0.25) is 5.91 Å². The SMILES string of the molecule is CCC(C(=O)O)N(C)C(=O)CSc1ccc2c(c1)CCC2. The lowest BCUT2D eigenvalue weighted by atomic mass is 10.1. The molecule has 1 aromatic carbocycles. The number of thioether (sulfide) groups is 1. The molecule has 0 spiro atoms. The zero-order valence-electron chi connectivity index (χ0n) is 12.5. The molecular formula is C16H21NO3S. The Balaban J connectivity index is 1.93. The molecule has 0 radical (unpaired) electrons. The van der Waals surface area contributed by atoms with Gasteiger partial charge in [0.15, 0.2) is 0 Å². The third kappa shape index (κ3) is 3.79. The summed E-state index contributed by atoms with van der Waals surface area (Å²) in [5.74, 6) is -0.815. The number of hydrogen-bond donors (Lipinski definition) is 1. The molecule has 0 heterocycles. The van der Waals surface area contributed by atoms with Crippen LogP contribution in [0.3, 0.4) is 0 Å². The van der Waals surface area contributed by atoms with Gasteiger partial charge in [0.1, 0.15) is 6.04 Å². The maximum Gasteiger partial charge on any atom is 0.326 e. The zero-order chi connectivity index (χ0) is 15.4. The molecule has 0 saturated carbocycles. The maximum atomic E-state index is 12.1. The van der Waals surface area contributed by atoms with Gasteiger partial charge in [-0.2, -0.15) is 0 Å². The molecule has 5 heteroatoms. The third-order valence-electron chi connectivity index (χ3n) is 3.96. The second-order valence-corrected chi connectivity index (χ2v) is 6.39. The minimum Gasteiger partial charge on any atom is -0.480 e. The normalized spacial score (nSPS) is 14.6. The van der Waals surface area contributed by atoms with Crippen LogP contribution in [0.25, 0.3) is 0 Å². The topological polar surface area (TPSA) is 57.6 Å². The summed E-state index contributed by atoms with van der Waals surface area (Å²) in [7, 11) is 1.56. The molecular weight excluding hydrogens is 286 g/mol. The summed E-state index contributed by atoms with van der Waals surface area (Å²) >= 11 is 1.48. The zero-order valence-corrected chi connectivity index (χ0v) is 13.3. The van der Waals surface area contributed by atoms with Crippen LogP contribution in [0.4, 0.5) is 0 Å². The van der Waals surface area contributed by atoms with Gasteiger partial charge < -0.3 is 10.0 Å². The predicted molar refractivity (Wildman–Crippen MR) is 83.7 cm³/mol. The first kappa shape index (κ1) is 15.9. The van der Waals surface area contributed by atoms with Crippen molar-refractivity contribution in [1.82, 2.24) is 4.90 Å². The highest BCUT2D eigenvalue weighted by Crippen LogP contribution is 2.27. The molecule has 1 aliphatic rings. The first-order valence-electron chi connectivity index (χ1n) is 7.26. The third-order valence-corrected chi connectivity index (χ3v) is 4.94. The van der Waals surface area contributed by atoms with Gasteiger partial charge in [0, 0.05) is 11.9 Å². The molecule has 1 amide bonds. The van der Waals surface area contributed by atoms with E-state index in [0.29, 0.717) is 6.42 Å². The Morgan fingerprint density at radius 3 is 2.71 bits per heavy atom. The molecule has 0 saturated heterocycles. The average Bonchev–Trinajstić information content (AvgIpc) is 2.92. The molecule has 2 rings (SSSR count). The van der Waals surface area contributed by atoms with Crippen LogP contribution in [0.2, 0.25) is 0 Å². The van der Waals surface area contributed by atoms with E-state index < -0.39 is 12.0 Å². The minimum atomic E-state index is -0.948. The van der Waals surface area contributed by atoms with E-state index >= 15 is 0 Å². The first-order chi connectivity index (χ1) is 10.0. The summed E-state index contributed by atoms with van der Waals surface area (Å²) in [5, 5.41) is 9.08. The highest BCUT2D eigenvalue weighted by molar-refractivity contribution is 8.00. The monoisotopic (exact) mass is 307 g/mol. The summed E-state index contributed by atoms with van der Waals surface area (Å²) in [5.41, 5.74) is 2.80. The molecule has 21 heavy (non-hydrogen) atoms. The Morgan fingerprint density at radius 2 is 2.05 bits per heavy atom. The highest BCUT2D eigenvalue weighted by Gasteiger charge is 2.24. The average molecular weight is 307 g/mol. The van der Waals surface area contributed by atoms with Gasteiger partial charge in [-0.05, 0) is 48.9 Å². The second kappa shape index (κ2) is 6.98. The molecule has 1 aliphatic carbocycles. The van der Waals surface area contributed by atoms with E-state index in [1.807, 2.05) is 0 Å². The number of hydrogen-bond acceptors (Lipinski definition) is 3. The second-order valence-electron chi connectivity index (χ2n) is 5.34. The van der Waals surface area contributed by atoms with E-state index in [9.17, 15) is 9.59 Å². The fourth-order valence-electron chi connectivity index (χ4n) is 2.67. The Bertz CT molecular complexity index is 544. The van der Waals surface area contributed by atoms with Crippen molar-refractivity contribution in [1.29, 1.82) is 0 Å². The molecule has 1 atom stereocenters. The Hall–Kier alpha value is -1.49. The van der Waals surface area contributed by atoms with Crippen LogP contribution < -0.4 is 0 Å². The van der Waals surface area contributed by atoms with Crippen molar-refractivity contribution in [3.05, 3.63) is 29.3 Å². The number of benzene rings is 1. The molecule has 4 nitrogen and oxygen atoms in total. The molecule has 1 N–H and O–H groups in total. The number of carboxylic acids is 1. The Labute approximate surface area is 129 Å². The number of likely N-dealkylation sites (N-methyl/N-ethyl adjacent to an activating group) is 1. The molecule has 0 fully saturated rings. The number of carbonyl (C=O) groups excluding carboxylic acids is 1. The van der Waals surface area contributed by atoms with Crippen LogP contribution in [-0.4, -0.2) is 40.7 Å². The molecule has 0 aliphatic heterocycles. The summed E-state index contributed by atoms with van der Waals surface area (Å²) in [6.07, 6.45) is 3.90. The summed E-state index contributed by atoms with van der Waals surface area (Å²) in [6.45, 7) is 1.77. The van der Waals surface area contributed by atoms with E-state index in [4.69, 9.17) is 5.11 Å². The standard InChI is InChI=1S/C16H21NO3S/c1-3-14(16(19)20)17(2)15(18)10-21-13-8-7-11-5-4-6-12(11)9-13/h7-9,14H,3-6,10H2,1-2H3,(H,19,20). The quantitative estimate of drug-likeness (QED) is 0.821. The molecule has 114 valence electrons. The van der Waals surface area contributed by atoms with Crippen molar-refractivity contribution < 1.29 is 14.7 Å². The van der Waals surface area contributed by atoms with Gasteiger partial charge in [0.05, 0.1) is 5.75 Å². The fraction of sp³-hybridized carbons (Fsp3) is 0.500. The highest BCUT2D eigenvalue weighted by atomic mass is 32.2. The number of amides is 1. The van der Waals surface area contributed by atoms with E-state index in [2.05, 4.69) is 18.2 Å². The predicted octanol–water partition coefficient (Wildman–Crippen LogP) is 2.59. The lowest BCUT2D eigenvalue weighted by Gasteiger charge is -2.23. The van der Waals surface area contributed by atoms with Crippen LogP contribution in [0.15, 0.2) is 23.1 Å². The van der Waals surface area contributed by atoms with Crippen LogP contribution >= 0.6 is 11.8 Å². The van der Waals surface area contributed by atoms with E-state index in [0.717, 1.165) is 17.7 Å². The fourth-order valence-corrected chi connectivity index (χ4v) is 3.56. The van der Waals surface area contributed by atoms with Gasteiger partial charge in [-0.15, -0.1) is 11.8 Å². The van der Waals surface area contributed by atoms with Gasteiger partial charge in [-0.3, -0.25) is 4.79 Å². The van der Waals surface area contributed by atoms with Gasteiger partial charge >= 0.3 is 5.97 Å². The van der Waals surface area contributed by atoms with E-state index in [1.165, 1.54) is 34.2 Å². The molecule has 1 aromatic rings. The maximum absolute atomic E-state index is 12.1. The van der Waals surface area contributed by atoms with E-state index in [-0.39, 0.29) is 11.7 Å². The van der Waals surface area contributed by atoms with Crippen LogP contribution in [-0.2, 0) is 22.4 Å². The molecule has 0 aromatic heterocycles. The van der Waals surface area contributed by atoms with Crippen molar-refractivity contribution in [2.45, 2.75) is 43.5 Å². The molecule has 0 bridgehead atoms. The summed E-state index contributed by atoms with van der Waals surface area (Å²) in [4.78, 5) is 25.6. The summed E-state index contributed by atoms with van der Waals surface area (Å²) < 4.78 is 0. The number of carbonyl (C=O) groups is 2. The van der Waals surface area contributed by atoms with Gasteiger partial charge in [0.25, 0.3) is 0 Å². The Kier molecular flexibility index (Phi) is 5.28. The van der Waals surface area contributed by atoms with Crippen LogP contribution in [0.5, 0.6) is 0 Å². The van der Waals surface area contributed by atoms with Gasteiger partial charge in [-0.25, -0.2) is 4.79 Å².